The number of benzene rings is 1. The molecule has 1 aromatic carbocycles. The van der Waals surface area contributed by atoms with Gasteiger partial charge in [-0.1, -0.05) is 31.2 Å². The summed E-state index contributed by atoms with van der Waals surface area (Å²) in [7, 11) is 5.77. The molecule has 0 aromatic heterocycles. The van der Waals surface area contributed by atoms with E-state index in [2.05, 4.69) is 30.9 Å². The van der Waals surface area contributed by atoms with E-state index in [0.29, 0.717) is 0 Å². The van der Waals surface area contributed by atoms with Gasteiger partial charge in [-0.25, -0.2) is 0 Å². The molecule has 1 rings (SSSR count). The fourth-order valence-electron chi connectivity index (χ4n) is 1.94. The number of hydrogen-bond donors (Lipinski definition) is 0. The third-order valence-electron chi connectivity index (χ3n) is 3.27. The van der Waals surface area contributed by atoms with E-state index in [1.165, 1.54) is 16.7 Å². The smallest absolute Gasteiger partial charge is 0.0991 e. The van der Waals surface area contributed by atoms with E-state index < -0.39 is 0 Å². The average molecular weight is 314 g/mol. The van der Waals surface area contributed by atoms with Crippen LogP contribution >= 0.6 is 0 Å². The Morgan fingerprint density at radius 3 is 2.52 bits per heavy atom. The van der Waals surface area contributed by atoms with E-state index >= 15 is 0 Å². The number of methoxy groups -OCH3 is 1. The zero-order valence-electron chi connectivity index (χ0n) is 15.4. The van der Waals surface area contributed by atoms with Gasteiger partial charge in [-0.05, 0) is 63.2 Å². The quantitative estimate of drug-likeness (QED) is 0.727. The van der Waals surface area contributed by atoms with Crippen LogP contribution in [0.5, 0.6) is 0 Å². The molecule has 126 valence electrons. The Morgan fingerprint density at radius 2 is 2.04 bits per heavy atom. The third kappa shape index (κ3) is 9.67. The topological polar surface area (TPSA) is 36.3 Å². The minimum Gasteiger partial charge on any atom is -0.380 e. The molecule has 0 aliphatic carbocycles. The second kappa shape index (κ2) is 12.6. The van der Waals surface area contributed by atoms with Gasteiger partial charge in [0, 0.05) is 13.7 Å². The number of ether oxygens (including phenoxy) is 1. The van der Waals surface area contributed by atoms with Gasteiger partial charge in [0.15, 0.2) is 0 Å². The van der Waals surface area contributed by atoms with E-state index in [1.807, 2.05) is 51.4 Å². The van der Waals surface area contributed by atoms with Crippen molar-refractivity contribution in [2.24, 2.45) is 0 Å². The maximum Gasteiger partial charge on any atom is 0.0991 e. The van der Waals surface area contributed by atoms with Crippen LogP contribution in [-0.2, 0) is 11.3 Å². The van der Waals surface area contributed by atoms with E-state index in [4.69, 9.17) is 10.00 Å². The number of hydrogen-bond acceptors (Lipinski definition) is 3. The van der Waals surface area contributed by atoms with Crippen LogP contribution in [0.4, 0.5) is 0 Å². The van der Waals surface area contributed by atoms with Crippen LogP contribution in [0.1, 0.15) is 37.0 Å². The van der Waals surface area contributed by atoms with Gasteiger partial charge < -0.3 is 9.64 Å². The summed E-state index contributed by atoms with van der Waals surface area (Å²) in [6.45, 7) is 7.85. The maximum absolute atomic E-state index is 8.72. The largest absolute Gasteiger partial charge is 0.380 e. The van der Waals surface area contributed by atoms with Crippen molar-refractivity contribution in [2.45, 2.75) is 33.7 Å². The van der Waals surface area contributed by atoms with Crippen molar-refractivity contribution in [3.8, 4) is 6.07 Å². The minimum absolute atomic E-state index is 0.738. The molecule has 3 nitrogen and oxygen atoms in total. The van der Waals surface area contributed by atoms with E-state index in [9.17, 15) is 0 Å². The lowest BCUT2D eigenvalue weighted by atomic mass is 10.1. The molecule has 23 heavy (non-hydrogen) atoms. The van der Waals surface area contributed by atoms with Gasteiger partial charge in [-0.2, -0.15) is 5.26 Å². The van der Waals surface area contributed by atoms with Gasteiger partial charge in [0.05, 0.1) is 18.2 Å². The minimum atomic E-state index is 0.738. The Hall–Kier alpha value is -1.89. The standard InChI is InChI=1S/C11H14N2.C9H16O/c1-9-4-5-10(7-12)6-11(9)8-13(2)3;1-4-6-7-9(5-2)8-10-3/h4-6H,8H2,1-3H3;4,6-7H,5,8H2,1-3H3/b;6-4-,9-7+. The molecule has 0 radical (unpaired) electrons. The van der Waals surface area contributed by atoms with Gasteiger partial charge in [0.25, 0.3) is 0 Å². The highest BCUT2D eigenvalue weighted by molar-refractivity contribution is 5.37. The molecular formula is C20H30N2O. The Kier molecular flexibility index (Phi) is 11.6. The lowest BCUT2D eigenvalue weighted by Crippen LogP contribution is -2.11. The number of nitriles is 1. The molecule has 0 bridgehead atoms. The van der Waals surface area contributed by atoms with Crippen LogP contribution in [-0.4, -0.2) is 32.7 Å². The van der Waals surface area contributed by atoms with Crippen LogP contribution in [0.3, 0.4) is 0 Å². The molecule has 0 aliphatic rings. The maximum atomic E-state index is 8.72. The first-order chi connectivity index (χ1) is 11.0. The molecule has 0 unspecified atom stereocenters. The lowest BCUT2D eigenvalue weighted by molar-refractivity contribution is 0.223. The SMILES string of the molecule is C/C=C\C=C(/CC)COC.Cc1ccc(C#N)cc1CN(C)C. The van der Waals surface area contributed by atoms with E-state index in [-0.39, 0.29) is 0 Å². The second-order valence-corrected chi connectivity index (χ2v) is 5.63. The molecule has 1 aromatic rings. The van der Waals surface area contributed by atoms with Crippen molar-refractivity contribution < 1.29 is 4.74 Å². The lowest BCUT2D eigenvalue weighted by Gasteiger charge is -2.11. The van der Waals surface area contributed by atoms with Crippen molar-refractivity contribution in [2.75, 3.05) is 27.8 Å². The van der Waals surface area contributed by atoms with Crippen molar-refractivity contribution >= 4 is 0 Å². The highest BCUT2D eigenvalue weighted by Crippen LogP contribution is 2.11. The predicted molar refractivity (Wildman–Crippen MR) is 98.3 cm³/mol. The Bertz CT molecular complexity index is 551. The van der Waals surface area contributed by atoms with Crippen molar-refractivity contribution in [3.63, 3.8) is 0 Å². The summed E-state index contributed by atoms with van der Waals surface area (Å²) in [5.41, 5.74) is 4.54. The highest BCUT2D eigenvalue weighted by Gasteiger charge is 2.00. The highest BCUT2D eigenvalue weighted by atomic mass is 16.5. The fraction of sp³-hybridized carbons (Fsp3) is 0.450. The summed E-state index contributed by atoms with van der Waals surface area (Å²) in [4.78, 5) is 2.10. The second-order valence-electron chi connectivity index (χ2n) is 5.63. The molecule has 0 saturated carbocycles. The van der Waals surface area contributed by atoms with Gasteiger partial charge in [-0.3, -0.25) is 0 Å². The number of rotatable bonds is 6. The molecule has 0 spiro atoms. The molecule has 0 amide bonds. The van der Waals surface area contributed by atoms with Crippen molar-refractivity contribution in [1.29, 1.82) is 5.26 Å². The monoisotopic (exact) mass is 314 g/mol. The van der Waals surface area contributed by atoms with Gasteiger partial charge in [0.1, 0.15) is 0 Å². The Labute approximate surface area is 141 Å². The Morgan fingerprint density at radius 1 is 1.35 bits per heavy atom. The van der Waals surface area contributed by atoms with Crippen LogP contribution in [0.2, 0.25) is 0 Å². The van der Waals surface area contributed by atoms with Gasteiger partial charge in [-0.15, -0.1) is 0 Å². The van der Waals surface area contributed by atoms with Crippen molar-refractivity contribution in [3.05, 3.63) is 58.7 Å². The average Bonchev–Trinajstić information content (AvgIpc) is 2.53. The van der Waals surface area contributed by atoms with Crippen LogP contribution in [0, 0.1) is 18.3 Å². The number of allylic oxidation sites excluding steroid dienone is 3. The molecule has 0 atom stereocenters. The predicted octanol–water partition coefficient (Wildman–Crippen LogP) is 4.47. The first kappa shape index (κ1) is 21.1. The molecule has 3 heteroatoms. The van der Waals surface area contributed by atoms with Crippen LogP contribution < -0.4 is 0 Å². The fourth-order valence-corrected chi connectivity index (χ4v) is 1.94. The van der Waals surface area contributed by atoms with E-state index in [0.717, 1.165) is 25.1 Å². The third-order valence-corrected chi connectivity index (χ3v) is 3.27. The van der Waals surface area contributed by atoms with Gasteiger partial charge in [0.2, 0.25) is 0 Å². The molecule has 0 heterocycles. The van der Waals surface area contributed by atoms with E-state index in [1.54, 1.807) is 7.11 Å². The van der Waals surface area contributed by atoms with Crippen LogP contribution in [0.15, 0.2) is 42.0 Å². The summed E-state index contributed by atoms with van der Waals surface area (Å²) in [5.74, 6) is 0. The molecular weight excluding hydrogens is 284 g/mol. The summed E-state index contributed by atoms with van der Waals surface area (Å²) in [6, 6.07) is 7.96. The summed E-state index contributed by atoms with van der Waals surface area (Å²) >= 11 is 0. The van der Waals surface area contributed by atoms with Gasteiger partial charge >= 0.3 is 0 Å². The summed E-state index contributed by atoms with van der Waals surface area (Å²) < 4.78 is 4.99. The number of nitrogens with zero attached hydrogens (tertiary/aromatic N) is 2. The molecule has 0 N–H and O–H groups in total. The van der Waals surface area contributed by atoms with Crippen molar-refractivity contribution in [1.82, 2.24) is 4.90 Å². The Balaban J connectivity index is 0.000000438. The summed E-state index contributed by atoms with van der Waals surface area (Å²) in [6.07, 6.45) is 7.23. The molecule has 0 fully saturated rings. The first-order valence-corrected chi connectivity index (χ1v) is 7.92. The zero-order chi connectivity index (χ0) is 17.7. The summed E-state index contributed by atoms with van der Waals surface area (Å²) in [5, 5.41) is 8.72. The molecule has 0 saturated heterocycles. The number of aryl methyl sites for hydroxylation is 1. The molecule has 0 aliphatic heterocycles. The normalized spacial score (nSPS) is 11.3. The first-order valence-electron chi connectivity index (χ1n) is 7.92. The van der Waals surface area contributed by atoms with Crippen LogP contribution in [0.25, 0.3) is 0 Å². The zero-order valence-corrected chi connectivity index (χ0v) is 15.4.